The molecule has 3 rings (SSSR count). The zero-order valence-electron chi connectivity index (χ0n) is 14.4. The summed E-state index contributed by atoms with van der Waals surface area (Å²) in [5.41, 5.74) is -4.79. The summed E-state index contributed by atoms with van der Waals surface area (Å²) in [6, 6.07) is 4.83. The molecule has 0 aromatic carbocycles. The molecule has 0 amide bonds. The highest BCUT2D eigenvalue weighted by Crippen LogP contribution is 2.59. The number of halogens is 6. The van der Waals surface area contributed by atoms with Crippen LogP contribution in [0, 0.1) is 6.92 Å². The van der Waals surface area contributed by atoms with E-state index >= 15 is 4.39 Å². The molecule has 0 N–H and O–H groups in total. The lowest BCUT2D eigenvalue weighted by Crippen LogP contribution is -2.44. The van der Waals surface area contributed by atoms with Crippen LogP contribution in [0.4, 0.5) is 26.3 Å². The van der Waals surface area contributed by atoms with Crippen LogP contribution in [0.5, 0.6) is 0 Å². The van der Waals surface area contributed by atoms with Crippen molar-refractivity contribution in [1.29, 1.82) is 0 Å². The van der Waals surface area contributed by atoms with Crippen molar-refractivity contribution in [3.05, 3.63) is 40.3 Å². The Kier molecular flexibility index (Phi) is 4.52. The van der Waals surface area contributed by atoms with Gasteiger partial charge >= 0.3 is 5.92 Å². The number of aryl methyl sites for hydroxylation is 1. The Morgan fingerprint density at radius 3 is 2.08 bits per heavy atom. The molecule has 0 bridgehead atoms. The summed E-state index contributed by atoms with van der Waals surface area (Å²) in [6.45, 7) is 7.78. The van der Waals surface area contributed by atoms with Crippen molar-refractivity contribution in [2.45, 2.75) is 44.3 Å². The van der Waals surface area contributed by atoms with Crippen LogP contribution in [0.3, 0.4) is 0 Å². The van der Waals surface area contributed by atoms with Gasteiger partial charge in [-0.3, -0.25) is 0 Å². The number of hydrogen-bond acceptors (Lipinski definition) is 2. The second kappa shape index (κ2) is 5.97. The van der Waals surface area contributed by atoms with Crippen molar-refractivity contribution in [1.82, 2.24) is 0 Å². The Morgan fingerprint density at radius 1 is 1.00 bits per heavy atom. The van der Waals surface area contributed by atoms with Crippen LogP contribution in [0.1, 0.15) is 10.4 Å². The van der Waals surface area contributed by atoms with Gasteiger partial charge in [-0.05, 0) is 23.6 Å². The third-order valence-electron chi connectivity index (χ3n) is 4.41. The van der Waals surface area contributed by atoms with Crippen LogP contribution >= 0.6 is 22.7 Å². The average Bonchev–Trinajstić information content (AvgIpc) is 3.19. The SMILES string of the molecule is Cc1sc(-c2ccc([Si](C)(C)C)s2)cc1C1(F)C(F)C(F)=C(F)C1(F)F. The molecule has 0 spiro atoms. The maximum absolute atomic E-state index is 15.1. The summed E-state index contributed by atoms with van der Waals surface area (Å²) in [7, 11) is -1.58. The Hall–Kier alpha value is -1.06. The molecule has 0 saturated heterocycles. The van der Waals surface area contributed by atoms with Crippen LogP contribution in [0.2, 0.25) is 19.6 Å². The van der Waals surface area contributed by atoms with E-state index in [4.69, 9.17) is 0 Å². The van der Waals surface area contributed by atoms with Crippen molar-refractivity contribution in [2.75, 3.05) is 0 Å². The minimum atomic E-state index is -4.89. The van der Waals surface area contributed by atoms with Crippen LogP contribution in [-0.4, -0.2) is 20.2 Å². The first kappa shape index (κ1) is 19.7. The van der Waals surface area contributed by atoms with Crippen LogP contribution in [0.15, 0.2) is 29.9 Å². The second-order valence-corrected chi connectivity index (χ2v) is 15.0. The van der Waals surface area contributed by atoms with E-state index < -0.39 is 43.1 Å². The van der Waals surface area contributed by atoms with Gasteiger partial charge < -0.3 is 0 Å². The predicted octanol–water partition coefficient (Wildman–Crippen LogP) is 6.63. The van der Waals surface area contributed by atoms with E-state index in [1.807, 2.05) is 6.07 Å². The Morgan fingerprint density at radius 2 is 1.62 bits per heavy atom. The van der Waals surface area contributed by atoms with Gasteiger partial charge in [0, 0.05) is 20.2 Å². The van der Waals surface area contributed by atoms with Gasteiger partial charge in [-0.25, -0.2) is 17.6 Å². The summed E-state index contributed by atoms with van der Waals surface area (Å²) in [6.07, 6.45) is -3.38. The Balaban J connectivity index is 2.08. The van der Waals surface area contributed by atoms with E-state index in [1.165, 1.54) is 22.8 Å². The van der Waals surface area contributed by atoms with Gasteiger partial charge in [-0.15, -0.1) is 22.7 Å². The Bertz CT molecular complexity index is 891. The van der Waals surface area contributed by atoms with E-state index in [0.29, 0.717) is 4.88 Å². The van der Waals surface area contributed by atoms with Gasteiger partial charge in [0.05, 0.1) is 8.07 Å². The zero-order chi connectivity index (χ0) is 19.7. The molecule has 26 heavy (non-hydrogen) atoms. The normalized spacial score (nSPS) is 26.0. The summed E-state index contributed by atoms with van der Waals surface area (Å²) in [5.74, 6) is -9.93. The highest BCUT2D eigenvalue weighted by molar-refractivity contribution is 7.30. The monoisotopic (exact) mass is 426 g/mol. The molecule has 1 aliphatic carbocycles. The van der Waals surface area contributed by atoms with Crippen molar-refractivity contribution in [2.24, 2.45) is 0 Å². The maximum Gasteiger partial charge on any atom is 0.342 e. The average molecular weight is 427 g/mol. The number of alkyl halides is 4. The van der Waals surface area contributed by atoms with Gasteiger partial charge in [-0.1, -0.05) is 25.7 Å². The molecule has 2 atom stereocenters. The first-order valence-electron chi connectivity index (χ1n) is 7.80. The molecule has 1 aliphatic rings. The summed E-state index contributed by atoms with van der Waals surface area (Å²) < 4.78 is 85.2. The quantitative estimate of drug-likeness (QED) is 0.382. The van der Waals surface area contributed by atoms with E-state index in [1.54, 1.807) is 6.07 Å². The first-order valence-corrected chi connectivity index (χ1v) is 12.9. The summed E-state index contributed by atoms with van der Waals surface area (Å²) >= 11 is 2.47. The molecule has 0 aliphatic heterocycles. The fourth-order valence-corrected chi connectivity index (χ4v) is 6.95. The van der Waals surface area contributed by atoms with Crippen molar-refractivity contribution < 1.29 is 26.3 Å². The lowest BCUT2D eigenvalue weighted by Gasteiger charge is -2.28. The van der Waals surface area contributed by atoms with E-state index in [-0.39, 0.29) is 4.88 Å². The molecular weight excluding hydrogens is 410 g/mol. The van der Waals surface area contributed by atoms with Crippen molar-refractivity contribution in [3.8, 4) is 9.75 Å². The third-order valence-corrected chi connectivity index (χ3v) is 10.3. The van der Waals surface area contributed by atoms with Crippen LogP contribution in [-0.2, 0) is 5.67 Å². The smallest absolute Gasteiger partial charge is 0.235 e. The molecule has 0 radical (unpaired) electrons. The molecule has 9 heteroatoms. The summed E-state index contributed by atoms with van der Waals surface area (Å²) in [4.78, 5) is 1.27. The van der Waals surface area contributed by atoms with E-state index in [2.05, 4.69) is 19.6 Å². The van der Waals surface area contributed by atoms with Gasteiger partial charge in [0.2, 0.25) is 11.5 Å². The number of rotatable bonds is 3. The third kappa shape index (κ3) is 2.62. The fraction of sp³-hybridized carbons (Fsp3) is 0.412. The topological polar surface area (TPSA) is 0 Å². The zero-order valence-corrected chi connectivity index (χ0v) is 17.0. The minimum Gasteiger partial charge on any atom is -0.235 e. The standard InChI is InChI=1S/C17H16F6S2Si/c1-8-9(16(21)14(19)13(18)15(20)17(16,22)23)7-11(24-8)10-5-6-12(25-10)26(2,3)4/h5-7,14H,1-4H3. The molecule has 2 heterocycles. The maximum atomic E-state index is 15.1. The lowest BCUT2D eigenvalue weighted by atomic mass is 9.89. The van der Waals surface area contributed by atoms with Crippen molar-refractivity contribution in [3.63, 3.8) is 0 Å². The van der Waals surface area contributed by atoms with Gasteiger partial charge in [-0.2, -0.15) is 8.78 Å². The molecule has 2 aromatic rings. The summed E-state index contributed by atoms with van der Waals surface area (Å²) in [5, 5.41) is 0. The minimum absolute atomic E-state index is 0.0651. The van der Waals surface area contributed by atoms with Crippen molar-refractivity contribution >= 4 is 35.2 Å². The number of allylic oxidation sites excluding steroid dienone is 2. The van der Waals surface area contributed by atoms with Crippen LogP contribution < -0.4 is 4.50 Å². The lowest BCUT2D eigenvalue weighted by molar-refractivity contribution is -0.136. The molecule has 0 saturated carbocycles. The van der Waals surface area contributed by atoms with Gasteiger partial charge in [0.25, 0.3) is 0 Å². The second-order valence-electron chi connectivity index (χ2n) is 7.31. The number of thiophene rings is 2. The fourth-order valence-electron chi connectivity index (χ4n) is 2.90. The molecule has 0 fully saturated rings. The molecular formula is C17H16F6S2Si. The predicted molar refractivity (Wildman–Crippen MR) is 97.2 cm³/mol. The van der Waals surface area contributed by atoms with E-state index in [0.717, 1.165) is 22.3 Å². The van der Waals surface area contributed by atoms with Gasteiger partial charge in [0.15, 0.2) is 12.0 Å². The Labute approximate surface area is 156 Å². The largest absolute Gasteiger partial charge is 0.342 e. The van der Waals surface area contributed by atoms with Gasteiger partial charge in [0.1, 0.15) is 0 Å². The molecule has 142 valence electrons. The highest BCUT2D eigenvalue weighted by atomic mass is 32.1. The molecule has 0 nitrogen and oxygen atoms in total. The van der Waals surface area contributed by atoms with Crippen LogP contribution in [0.25, 0.3) is 9.75 Å². The first-order chi connectivity index (χ1) is 11.8. The highest BCUT2D eigenvalue weighted by Gasteiger charge is 2.72. The molecule has 2 unspecified atom stereocenters. The van der Waals surface area contributed by atoms with E-state index in [9.17, 15) is 22.0 Å². The molecule has 2 aromatic heterocycles. The number of hydrogen-bond donors (Lipinski definition) is 0.